The van der Waals surface area contributed by atoms with Crippen LogP contribution in [-0.4, -0.2) is 95.8 Å². The monoisotopic (exact) mass is 666 g/mol. The maximum Gasteiger partial charge on any atom is 0.103 e. The van der Waals surface area contributed by atoms with Gasteiger partial charge in [-0.25, -0.2) is 0 Å². The summed E-state index contributed by atoms with van der Waals surface area (Å²) in [6, 6.07) is 20.3. The topological polar surface area (TPSA) is 46.9 Å². The van der Waals surface area contributed by atoms with Crippen molar-refractivity contribution in [3.8, 4) is 0 Å². The van der Waals surface area contributed by atoms with E-state index < -0.39 is 0 Å². The van der Waals surface area contributed by atoms with E-state index in [0.29, 0.717) is 23.9 Å². The molecular formula is C44H50N4O2+2. The van der Waals surface area contributed by atoms with Crippen LogP contribution in [0, 0.1) is 11.8 Å². The predicted octanol–water partition coefficient (Wildman–Crippen LogP) is 5.48. The Labute approximate surface area is 296 Å². The Kier molecular flexibility index (Phi) is 6.00. The Hall–Kier alpha value is -3.68. The molecule has 4 bridgehead atoms. The fraction of sp³-hybridized carbons (Fsp3) is 0.455. The van der Waals surface area contributed by atoms with Crippen molar-refractivity contribution < 1.29 is 19.2 Å². The zero-order valence-electron chi connectivity index (χ0n) is 29.1. The van der Waals surface area contributed by atoms with Crippen LogP contribution in [0.3, 0.4) is 0 Å². The van der Waals surface area contributed by atoms with Crippen molar-refractivity contribution in [2.45, 2.75) is 60.7 Å². The zero-order chi connectivity index (χ0) is 33.6. The zero-order valence-corrected chi connectivity index (χ0v) is 29.1. The number of hydrogen-bond donors (Lipinski definition) is 2. The Balaban J connectivity index is 1.22. The van der Waals surface area contributed by atoms with E-state index in [1.165, 1.54) is 33.6 Å². The molecule has 9 aliphatic rings. The molecule has 2 aromatic carbocycles. The number of aliphatic hydroxyl groups is 2. The van der Waals surface area contributed by atoms with Crippen LogP contribution in [0.4, 0.5) is 11.4 Å². The Morgan fingerprint density at radius 2 is 1.12 bits per heavy atom. The smallest absolute Gasteiger partial charge is 0.103 e. The van der Waals surface area contributed by atoms with Gasteiger partial charge in [-0.1, -0.05) is 61.7 Å². The number of aliphatic hydroxyl groups excluding tert-OH is 2. The van der Waals surface area contributed by atoms with Crippen LogP contribution >= 0.6 is 0 Å². The number of benzene rings is 2. The molecule has 7 heterocycles. The molecule has 0 radical (unpaired) electrons. The highest BCUT2D eigenvalue weighted by molar-refractivity contribution is 5.77. The third kappa shape index (κ3) is 3.24. The van der Waals surface area contributed by atoms with Gasteiger partial charge in [0.05, 0.1) is 62.3 Å². The molecule has 2 saturated carbocycles. The normalized spacial score (nSPS) is 44.4. The number of piperidine rings is 2. The number of hydrogen-bond acceptors (Lipinski definition) is 4. The van der Waals surface area contributed by atoms with Crippen LogP contribution < -0.4 is 9.80 Å². The summed E-state index contributed by atoms with van der Waals surface area (Å²) < 4.78 is 2.12. The third-order valence-electron chi connectivity index (χ3n) is 15.9. The van der Waals surface area contributed by atoms with Gasteiger partial charge in [0.15, 0.2) is 0 Å². The molecular weight excluding hydrogens is 617 g/mol. The molecule has 4 saturated heterocycles. The molecule has 50 heavy (non-hydrogen) atoms. The SMILES string of the molecule is C=CC[N+]12CCC34c5ccccc5N5C=C6C7C[C@H]8C9(CC[N+]8(CC=C)C/C7=C/CO)c7ccccc7N(/C=C(/C(C[C@@H]31)/C(=C\CO)C2)[C@H]54)[C@@H]69. The first kappa shape index (κ1) is 30.0. The van der Waals surface area contributed by atoms with Crippen molar-refractivity contribution >= 4 is 11.4 Å². The van der Waals surface area contributed by atoms with Crippen molar-refractivity contribution in [1.29, 1.82) is 0 Å². The van der Waals surface area contributed by atoms with Gasteiger partial charge in [-0.3, -0.25) is 0 Å². The van der Waals surface area contributed by atoms with Gasteiger partial charge in [0, 0.05) is 61.3 Å². The van der Waals surface area contributed by atoms with Gasteiger partial charge in [0.25, 0.3) is 0 Å². The second-order valence-electron chi connectivity index (χ2n) is 17.2. The minimum atomic E-state index is 0.0183. The molecule has 256 valence electrons. The molecule has 0 amide bonds. The van der Waals surface area contributed by atoms with E-state index in [2.05, 4.69) is 108 Å². The summed E-state index contributed by atoms with van der Waals surface area (Å²) in [6.45, 7) is 15.0. The number of quaternary nitrogens is 2. The largest absolute Gasteiger partial charge is 0.392 e. The molecule has 6 fully saturated rings. The van der Waals surface area contributed by atoms with Crippen molar-refractivity contribution in [3.63, 3.8) is 0 Å². The van der Waals surface area contributed by atoms with Crippen molar-refractivity contribution in [1.82, 2.24) is 0 Å². The summed E-state index contributed by atoms with van der Waals surface area (Å²) in [4.78, 5) is 5.54. The lowest BCUT2D eigenvalue weighted by atomic mass is 9.56. The van der Waals surface area contributed by atoms with Crippen LogP contribution in [-0.2, 0) is 10.8 Å². The molecule has 2 aliphatic carbocycles. The molecule has 0 aromatic heterocycles. The van der Waals surface area contributed by atoms with Gasteiger partial charge in [-0.15, -0.1) is 0 Å². The van der Waals surface area contributed by atoms with Gasteiger partial charge in [-0.05, 0) is 57.7 Å². The highest BCUT2D eigenvalue weighted by atomic mass is 16.3. The second-order valence-corrected chi connectivity index (χ2v) is 17.2. The first-order valence-corrected chi connectivity index (χ1v) is 19.2. The lowest BCUT2D eigenvalue weighted by Gasteiger charge is -2.59. The van der Waals surface area contributed by atoms with Crippen molar-refractivity contribution in [3.05, 3.63) is 132 Å². The molecule has 10 atom stereocenters. The van der Waals surface area contributed by atoms with E-state index in [9.17, 15) is 10.2 Å². The average molecular weight is 667 g/mol. The Morgan fingerprint density at radius 3 is 1.54 bits per heavy atom. The summed E-state index contributed by atoms with van der Waals surface area (Å²) in [5, 5.41) is 20.9. The fourth-order valence-electron chi connectivity index (χ4n) is 14.6. The second kappa shape index (κ2) is 10.0. The number of para-hydroxylation sites is 2. The maximum atomic E-state index is 10.5. The van der Waals surface area contributed by atoms with E-state index >= 15 is 0 Å². The van der Waals surface area contributed by atoms with E-state index in [4.69, 9.17) is 0 Å². The lowest BCUT2D eigenvalue weighted by molar-refractivity contribution is -0.937. The first-order valence-electron chi connectivity index (χ1n) is 19.2. The molecule has 6 nitrogen and oxygen atoms in total. The molecule has 2 spiro atoms. The lowest BCUT2D eigenvalue weighted by Crippen LogP contribution is -2.69. The minimum Gasteiger partial charge on any atom is -0.392 e. The number of rotatable bonds is 6. The number of anilines is 2. The standard InChI is InChI=1S/C44H50N4O2/c1-3-17-47-19-15-43-35-9-5-7-11-37(35)45-26-34-32-24-40-44(16-20-48(40,18-4-2)28-30(32)14-22-50)36-10-6-8-12-38(36)46(42(34)44)25-33(41(43)45)31(23-39(43)47)29(27-47)13-21-49/h3-14,25-26,31-32,39-42,49-50H,1-2,15-24,27-28H2/q+2/b29-13-,30-14-,33-25-,34-26?/t31?,32?,39-,40-,41-,42-,43?,44?,47?,48?/m0/s1. The Morgan fingerprint density at radius 1 is 0.680 bits per heavy atom. The number of fused-ring (bicyclic) bond motifs is 8. The van der Waals surface area contributed by atoms with Gasteiger partial charge in [0.2, 0.25) is 0 Å². The van der Waals surface area contributed by atoms with E-state index in [1.807, 2.05) is 0 Å². The highest BCUT2D eigenvalue weighted by Crippen LogP contribution is 2.69. The van der Waals surface area contributed by atoms with Crippen LogP contribution in [0.25, 0.3) is 0 Å². The number of nitrogens with zero attached hydrogens (tertiary/aromatic N) is 4. The predicted molar refractivity (Wildman–Crippen MR) is 198 cm³/mol. The van der Waals surface area contributed by atoms with Crippen molar-refractivity contribution in [2.75, 3.05) is 62.3 Å². The molecule has 11 rings (SSSR count). The van der Waals surface area contributed by atoms with Crippen LogP contribution in [0.2, 0.25) is 0 Å². The van der Waals surface area contributed by atoms with E-state index in [-0.39, 0.29) is 36.1 Å². The molecule has 2 aromatic rings. The van der Waals surface area contributed by atoms with Crippen LogP contribution in [0.5, 0.6) is 0 Å². The van der Waals surface area contributed by atoms with Crippen molar-refractivity contribution in [2.24, 2.45) is 11.8 Å². The third-order valence-corrected chi connectivity index (χ3v) is 15.9. The fourth-order valence-corrected chi connectivity index (χ4v) is 14.6. The van der Waals surface area contributed by atoms with Gasteiger partial charge < -0.3 is 29.0 Å². The summed E-state index contributed by atoms with van der Waals surface area (Å²) in [5.41, 5.74) is 11.8. The van der Waals surface area contributed by atoms with E-state index in [0.717, 1.165) is 73.9 Å². The van der Waals surface area contributed by atoms with E-state index in [1.54, 1.807) is 11.1 Å². The maximum absolute atomic E-state index is 10.5. The minimum absolute atomic E-state index is 0.0183. The molecule has 6 unspecified atom stereocenters. The average Bonchev–Trinajstić information content (AvgIpc) is 3.81. The summed E-state index contributed by atoms with van der Waals surface area (Å²) in [6.07, 6.45) is 18.6. The molecule has 7 aliphatic heterocycles. The summed E-state index contributed by atoms with van der Waals surface area (Å²) >= 11 is 0. The first-order chi connectivity index (χ1) is 24.5. The van der Waals surface area contributed by atoms with Crippen LogP contribution in [0.15, 0.2) is 121 Å². The summed E-state index contributed by atoms with van der Waals surface area (Å²) in [7, 11) is 0. The highest BCUT2D eigenvalue weighted by Gasteiger charge is 2.75. The van der Waals surface area contributed by atoms with Crippen LogP contribution in [0.1, 0.15) is 36.8 Å². The van der Waals surface area contributed by atoms with Gasteiger partial charge >= 0.3 is 0 Å². The van der Waals surface area contributed by atoms with Gasteiger partial charge in [0.1, 0.15) is 25.2 Å². The van der Waals surface area contributed by atoms with Gasteiger partial charge in [-0.2, -0.15) is 0 Å². The quantitative estimate of drug-likeness (QED) is 0.317. The molecule has 2 N–H and O–H groups in total. The summed E-state index contributed by atoms with van der Waals surface area (Å²) in [5.74, 6) is 0.615. The Bertz CT molecular complexity index is 1850. The molecule has 6 heteroatoms.